The maximum Gasteiger partial charge on any atom is 0.221 e. The van der Waals surface area contributed by atoms with Crippen molar-refractivity contribution in [3.8, 4) is 0 Å². The maximum atomic E-state index is 13.1. The average Bonchev–Trinajstić information content (AvgIpc) is 2.42. The summed E-state index contributed by atoms with van der Waals surface area (Å²) in [7, 11) is 0. The van der Waals surface area contributed by atoms with Crippen LogP contribution in [0.3, 0.4) is 0 Å². The zero-order chi connectivity index (χ0) is 15.4. The fourth-order valence-corrected chi connectivity index (χ4v) is 2.19. The van der Waals surface area contributed by atoms with E-state index in [4.69, 9.17) is 11.6 Å². The molecule has 3 nitrogen and oxygen atoms in total. The molecule has 0 aliphatic carbocycles. The smallest absolute Gasteiger partial charge is 0.221 e. The van der Waals surface area contributed by atoms with Gasteiger partial charge < -0.3 is 10.6 Å². The normalized spacial score (nSPS) is 11.8. The van der Waals surface area contributed by atoms with Gasteiger partial charge in [-0.1, -0.05) is 23.7 Å². The summed E-state index contributed by atoms with van der Waals surface area (Å²) in [6, 6.07) is 12.0. The van der Waals surface area contributed by atoms with E-state index in [1.165, 1.54) is 13.0 Å². The predicted octanol–water partition coefficient (Wildman–Crippen LogP) is 4.61. The molecule has 0 bridgehead atoms. The summed E-state index contributed by atoms with van der Waals surface area (Å²) in [6.07, 6.45) is 0. The summed E-state index contributed by atoms with van der Waals surface area (Å²) in [4.78, 5) is 11.1. The van der Waals surface area contributed by atoms with Crippen LogP contribution in [-0.2, 0) is 4.79 Å². The fraction of sp³-hybridized carbons (Fsp3) is 0.188. The minimum Gasteiger partial charge on any atom is -0.378 e. The summed E-state index contributed by atoms with van der Waals surface area (Å²) >= 11 is 5.76. The number of rotatable bonds is 4. The molecule has 2 aromatic rings. The van der Waals surface area contributed by atoms with E-state index in [0.717, 1.165) is 16.9 Å². The lowest BCUT2D eigenvalue weighted by atomic mass is 10.1. The van der Waals surface area contributed by atoms with Crippen LogP contribution in [0, 0.1) is 5.82 Å². The van der Waals surface area contributed by atoms with Gasteiger partial charge in [-0.25, -0.2) is 4.39 Å². The molecule has 0 radical (unpaired) electrons. The van der Waals surface area contributed by atoms with E-state index in [1.807, 2.05) is 31.2 Å². The molecule has 0 aliphatic heterocycles. The van der Waals surface area contributed by atoms with Gasteiger partial charge in [0, 0.05) is 24.3 Å². The van der Waals surface area contributed by atoms with Crippen LogP contribution in [0.5, 0.6) is 0 Å². The molecule has 0 aromatic heterocycles. The van der Waals surface area contributed by atoms with Crippen LogP contribution in [0.4, 0.5) is 15.8 Å². The molecular formula is C16H16ClFN2O. The van der Waals surface area contributed by atoms with Gasteiger partial charge >= 0.3 is 0 Å². The van der Waals surface area contributed by atoms with E-state index in [9.17, 15) is 9.18 Å². The number of hydrogen-bond donors (Lipinski definition) is 2. The Labute approximate surface area is 128 Å². The van der Waals surface area contributed by atoms with Gasteiger partial charge in [-0.15, -0.1) is 0 Å². The molecule has 1 amide bonds. The molecule has 2 aromatic carbocycles. The third-order valence-electron chi connectivity index (χ3n) is 3.01. The highest BCUT2D eigenvalue weighted by Gasteiger charge is 2.08. The van der Waals surface area contributed by atoms with Crippen molar-refractivity contribution < 1.29 is 9.18 Å². The molecule has 2 N–H and O–H groups in total. The molecule has 110 valence electrons. The predicted molar refractivity (Wildman–Crippen MR) is 84.2 cm³/mol. The summed E-state index contributed by atoms with van der Waals surface area (Å²) in [5.41, 5.74) is 2.48. The van der Waals surface area contributed by atoms with Crippen LogP contribution < -0.4 is 10.6 Å². The first-order chi connectivity index (χ1) is 9.95. The first kappa shape index (κ1) is 15.3. The molecule has 1 unspecified atom stereocenters. The highest BCUT2D eigenvalue weighted by atomic mass is 35.5. The molecular weight excluding hydrogens is 291 g/mol. The molecule has 0 heterocycles. The van der Waals surface area contributed by atoms with Crippen molar-refractivity contribution in [1.82, 2.24) is 0 Å². The monoisotopic (exact) mass is 306 g/mol. The van der Waals surface area contributed by atoms with Gasteiger partial charge in [0.1, 0.15) is 5.82 Å². The van der Waals surface area contributed by atoms with Gasteiger partial charge in [-0.2, -0.15) is 0 Å². The number of halogens is 2. The fourth-order valence-electron chi connectivity index (χ4n) is 2.01. The number of carbonyl (C=O) groups excluding carboxylic acids is 1. The number of amides is 1. The number of nitrogens with one attached hydrogen (secondary N) is 2. The standard InChI is InChI=1S/C16H16ClFN2O/c1-10(19-14-6-7-16(18)15(17)9-14)12-4-3-5-13(8-12)20-11(2)21/h3-10,19H,1-2H3,(H,20,21). The van der Waals surface area contributed by atoms with Gasteiger partial charge in [0.05, 0.1) is 5.02 Å². The minimum absolute atomic E-state index is 0.0137. The Morgan fingerprint density at radius 1 is 1.19 bits per heavy atom. The Hall–Kier alpha value is -2.07. The van der Waals surface area contributed by atoms with Crippen molar-refractivity contribution in [1.29, 1.82) is 0 Å². The van der Waals surface area contributed by atoms with Crippen molar-refractivity contribution in [2.45, 2.75) is 19.9 Å². The molecule has 1 atom stereocenters. The summed E-state index contributed by atoms with van der Waals surface area (Å²) < 4.78 is 13.1. The lowest BCUT2D eigenvalue weighted by Gasteiger charge is -2.17. The largest absolute Gasteiger partial charge is 0.378 e. The highest BCUT2D eigenvalue weighted by Crippen LogP contribution is 2.25. The Kier molecular flexibility index (Phi) is 4.81. The van der Waals surface area contributed by atoms with Crippen LogP contribution in [0.2, 0.25) is 5.02 Å². The minimum atomic E-state index is -0.442. The molecule has 0 saturated heterocycles. The number of benzene rings is 2. The summed E-state index contributed by atoms with van der Waals surface area (Å²) in [5.74, 6) is -0.555. The van der Waals surface area contributed by atoms with Crippen molar-refractivity contribution >= 4 is 28.9 Å². The Balaban J connectivity index is 2.14. The number of hydrogen-bond acceptors (Lipinski definition) is 2. The summed E-state index contributed by atoms with van der Waals surface area (Å²) in [6.45, 7) is 3.44. The van der Waals surface area contributed by atoms with Crippen LogP contribution in [0.15, 0.2) is 42.5 Å². The highest BCUT2D eigenvalue weighted by molar-refractivity contribution is 6.31. The Morgan fingerprint density at radius 2 is 1.95 bits per heavy atom. The SMILES string of the molecule is CC(=O)Nc1cccc(C(C)Nc2ccc(F)c(Cl)c2)c1. The molecule has 2 rings (SSSR count). The first-order valence-electron chi connectivity index (χ1n) is 6.55. The second-order valence-corrected chi connectivity index (χ2v) is 5.21. The molecule has 5 heteroatoms. The lowest BCUT2D eigenvalue weighted by Crippen LogP contribution is -2.09. The van der Waals surface area contributed by atoms with Gasteiger partial charge in [-0.3, -0.25) is 4.79 Å². The van der Waals surface area contributed by atoms with Gasteiger partial charge in [0.15, 0.2) is 0 Å². The van der Waals surface area contributed by atoms with E-state index in [1.54, 1.807) is 12.1 Å². The van der Waals surface area contributed by atoms with E-state index >= 15 is 0 Å². The zero-order valence-corrected chi connectivity index (χ0v) is 12.5. The zero-order valence-electron chi connectivity index (χ0n) is 11.8. The Morgan fingerprint density at radius 3 is 2.62 bits per heavy atom. The van der Waals surface area contributed by atoms with Crippen molar-refractivity contribution in [3.63, 3.8) is 0 Å². The second kappa shape index (κ2) is 6.59. The molecule has 0 saturated carbocycles. The van der Waals surface area contributed by atoms with Crippen molar-refractivity contribution in [2.24, 2.45) is 0 Å². The third-order valence-corrected chi connectivity index (χ3v) is 3.30. The van der Waals surface area contributed by atoms with E-state index in [0.29, 0.717) is 0 Å². The first-order valence-corrected chi connectivity index (χ1v) is 6.92. The molecule has 21 heavy (non-hydrogen) atoms. The van der Waals surface area contributed by atoms with Crippen LogP contribution >= 0.6 is 11.6 Å². The second-order valence-electron chi connectivity index (χ2n) is 4.80. The molecule has 0 aliphatic rings. The number of carbonyl (C=O) groups is 1. The van der Waals surface area contributed by atoms with Gasteiger partial charge in [0.2, 0.25) is 5.91 Å². The van der Waals surface area contributed by atoms with Crippen LogP contribution in [-0.4, -0.2) is 5.91 Å². The van der Waals surface area contributed by atoms with E-state index < -0.39 is 5.82 Å². The van der Waals surface area contributed by atoms with Gasteiger partial charge in [-0.05, 0) is 42.8 Å². The maximum absolute atomic E-state index is 13.1. The average molecular weight is 307 g/mol. The molecule has 0 spiro atoms. The van der Waals surface area contributed by atoms with Gasteiger partial charge in [0.25, 0.3) is 0 Å². The topological polar surface area (TPSA) is 41.1 Å². The summed E-state index contributed by atoms with van der Waals surface area (Å²) in [5, 5.41) is 6.07. The number of anilines is 2. The van der Waals surface area contributed by atoms with Crippen molar-refractivity contribution in [3.05, 3.63) is 58.9 Å². The molecule has 0 fully saturated rings. The van der Waals surface area contributed by atoms with Crippen LogP contribution in [0.25, 0.3) is 0 Å². The van der Waals surface area contributed by atoms with Crippen LogP contribution in [0.1, 0.15) is 25.5 Å². The van der Waals surface area contributed by atoms with E-state index in [2.05, 4.69) is 10.6 Å². The van der Waals surface area contributed by atoms with E-state index in [-0.39, 0.29) is 17.0 Å². The Bertz CT molecular complexity index is 660. The lowest BCUT2D eigenvalue weighted by molar-refractivity contribution is -0.114. The third kappa shape index (κ3) is 4.20. The quantitative estimate of drug-likeness (QED) is 0.866. The van der Waals surface area contributed by atoms with Crippen molar-refractivity contribution in [2.75, 3.05) is 10.6 Å².